The molecule has 0 aliphatic rings. The molecular formula is C18H22BrNS. The molecule has 0 heterocycles. The number of hydrogen-bond acceptors (Lipinski definition) is 2. The summed E-state index contributed by atoms with van der Waals surface area (Å²) in [7, 11) is 0. The predicted octanol–water partition coefficient (Wildman–Crippen LogP) is 5.54. The normalized spacial score (nSPS) is 13.2. The van der Waals surface area contributed by atoms with Crippen molar-refractivity contribution in [2.24, 2.45) is 5.73 Å². The molecule has 0 radical (unpaired) electrons. The second-order valence-corrected chi connectivity index (χ2v) is 8.26. The second-order valence-electron chi connectivity index (χ2n) is 6.25. The molecule has 112 valence electrons. The standard InChI is InChI=1S/C18H22BrNS/c1-18(2,3)14-9-7-13(8-10-14)17(20)12-21-16-6-4-5-15(19)11-16/h4-11,17H,12,20H2,1-3H3. The molecule has 0 saturated carbocycles. The van der Waals surface area contributed by atoms with Gasteiger partial charge in [0.15, 0.2) is 0 Å². The van der Waals surface area contributed by atoms with E-state index in [2.05, 4.69) is 79.2 Å². The highest BCUT2D eigenvalue weighted by Gasteiger charge is 2.14. The van der Waals surface area contributed by atoms with Crippen LogP contribution in [0.2, 0.25) is 0 Å². The number of benzene rings is 2. The number of nitrogens with two attached hydrogens (primary N) is 1. The number of rotatable bonds is 4. The molecule has 2 aromatic carbocycles. The zero-order chi connectivity index (χ0) is 15.5. The Morgan fingerprint density at radius 3 is 2.33 bits per heavy atom. The lowest BCUT2D eigenvalue weighted by Gasteiger charge is -2.20. The Labute approximate surface area is 140 Å². The van der Waals surface area contributed by atoms with E-state index in [0.29, 0.717) is 0 Å². The van der Waals surface area contributed by atoms with Crippen molar-refractivity contribution in [2.45, 2.75) is 37.1 Å². The van der Waals surface area contributed by atoms with E-state index in [1.807, 2.05) is 6.07 Å². The van der Waals surface area contributed by atoms with Crippen LogP contribution >= 0.6 is 27.7 Å². The summed E-state index contributed by atoms with van der Waals surface area (Å²) >= 11 is 5.29. The first-order valence-corrected chi connectivity index (χ1v) is 8.88. The molecule has 1 unspecified atom stereocenters. The fourth-order valence-electron chi connectivity index (χ4n) is 2.07. The van der Waals surface area contributed by atoms with Gasteiger partial charge in [0.2, 0.25) is 0 Å². The molecule has 0 aliphatic carbocycles. The topological polar surface area (TPSA) is 26.0 Å². The summed E-state index contributed by atoms with van der Waals surface area (Å²) in [6.45, 7) is 6.68. The Bertz CT molecular complexity index is 587. The van der Waals surface area contributed by atoms with Crippen LogP contribution in [0.25, 0.3) is 0 Å². The van der Waals surface area contributed by atoms with Crippen LogP contribution in [0, 0.1) is 0 Å². The van der Waals surface area contributed by atoms with Gasteiger partial charge in [0, 0.05) is 21.2 Å². The maximum Gasteiger partial charge on any atom is 0.0390 e. The van der Waals surface area contributed by atoms with Crippen molar-refractivity contribution in [2.75, 3.05) is 5.75 Å². The van der Waals surface area contributed by atoms with Gasteiger partial charge in [-0.05, 0) is 34.7 Å². The van der Waals surface area contributed by atoms with Gasteiger partial charge in [-0.15, -0.1) is 11.8 Å². The van der Waals surface area contributed by atoms with E-state index in [1.54, 1.807) is 11.8 Å². The van der Waals surface area contributed by atoms with Gasteiger partial charge in [0.05, 0.1) is 0 Å². The molecule has 3 heteroatoms. The molecule has 0 saturated heterocycles. The molecule has 0 spiro atoms. The SMILES string of the molecule is CC(C)(C)c1ccc(C(N)CSc2cccc(Br)c2)cc1. The zero-order valence-electron chi connectivity index (χ0n) is 12.8. The Morgan fingerprint density at radius 1 is 1.10 bits per heavy atom. The average molecular weight is 364 g/mol. The van der Waals surface area contributed by atoms with Crippen LogP contribution in [-0.4, -0.2) is 5.75 Å². The van der Waals surface area contributed by atoms with Gasteiger partial charge >= 0.3 is 0 Å². The third kappa shape index (κ3) is 4.87. The molecule has 0 fully saturated rings. The van der Waals surface area contributed by atoms with E-state index >= 15 is 0 Å². The van der Waals surface area contributed by atoms with Crippen LogP contribution in [-0.2, 0) is 5.41 Å². The molecular weight excluding hydrogens is 342 g/mol. The lowest BCUT2D eigenvalue weighted by Crippen LogP contribution is -2.15. The smallest absolute Gasteiger partial charge is 0.0390 e. The summed E-state index contributed by atoms with van der Waals surface area (Å²) in [5.41, 5.74) is 9.04. The van der Waals surface area contributed by atoms with Gasteiger partial charge in [0.1, 0.15) is 0 Å². The minimum Gasteiger partial charge on any atom is -0.323 e. The van der Waals surface area contributed by atoms with Gasteiger partial charge in [-0.3, -0.25) is 0 Å². The van der Waals surface area contributed by atoms with Gasteiger partial charge in [-0.2, -0.15) is 0 Å². The Kier molecular flexibility index (Phi) is 5.53. The van der Waals surface area contributed by atoms with Crippen molar-refractivity contribution in [1.29, 1.82) is 0 Å². The Hall–Kier alpha value is -0.770. The van der Waals surface area contributed by atoms with E-state index in [-0.39, 0.29) is 11.5 Å². The highest BCUT2D eigenvalue weighted by atomic mass is 79.9. The monoisotopic (exact) mass is 363 g/mol. The van der Waals surface area contributed by atoms with Crippen molar-refractivity contribution >= 4 is 27.7 Å². The predicted molar refractivity (Wildman–Crippen MR) is 96.9 cm³/mol. The minimum atomic E-state index is 0.0583. The highest BCUT2D eigenvalue weighted by molar-refractivity contribution is 9.10. The quantitative estimate of drug-likeness (QED) is 0.721. The maximum atomic E-state index is 6.31. The molecule has 2 aromatic rings. The maximum absolute atomic E-state index is 6.31. The lowest BCUT2D eigenvalue weighted by molar-refractivity contribution is 0.589. The largest absolute Gasteiger partial charge is 0.323 e. The first-order chi connectivity index (χ1) is 9.86. The van der Waals surface area contributed by atoms with Crippen molar-refractivity contribution in [3.05, 3.63) is 64.1 Å². The van der Waals surface area contributed by atoms with Crippen molar-refractivity contribution in [3.63, 3.8) is 0 Å². The molecule has 21 heavy (non-hydrogen) atoms. The molecule has 1 nitrogen and oxygen atoms in total. The van der Waals surface area contributed by atoms with Crippen LogP contribution in [0.3, 0.4) is 0 Å². The van der Waals surface area contributed by atoms with Crippen LogP contribution in [0.1, 0.15) is 37.9 Å². The zero-order valence-corrected chi connectivity index (χ0v) is 15.2. The molecule has 0 aliphatic heterocycles. The Morgan fingerprint density at radius 2 is 1.76 bits per heavy atom. The first kappa shape index (κ1) is 16.6. The summed E-state index contributed by atoms with van der Waals surface area (Å²) < 4.78 is 1.11. The van der Waals surface area contributed by atoms with Crippen molar-refractivity contribution < 1.29 is 0 Å². The van der Waals surface area contributed by atoms with E-state index in [1.165, 1.54) is 16.0 Å². The van der Waals surface area contributed by atoms with Crippen molar-refractivity contribution in [3.8, 4) is 0 Å². The molecule has 0 bridgehead atoms. The third-order valence-corrected chi connectivity index (χ3v) is 5.04. The van der Waals surface area contributed by atoms with E-state index in [9.17, 15) is 0 Å². The Balaban J connectivity index is 1.99. The van der Waals surface area contributed by atoms with Gasteiger partial charge < -0.3 is 5.73 Å². The highest BCUT2D eigenvalue weighted by Crippen LogP contribution is 2.27. The molecule has 2 rings (SSSR count). The molecule has 0 aromatic heterocycles. The summed E-state index contributed by atoms with van der Waals surface area (Å²) in [6, 6.07) is 17.1. The summed E-state index contributed by atoms with van der Waals surface area (Å²) in [4.78, 5) is 1.24. The van der Waals surface area contributed by atoms with E-state index in [0.717, 1.165) is 10.2 Å². The average Bonchev–Trinajstić information content (AvgIpc) is 2.44. The fraction of sp³-hybridized carbons (Fsp3) is 0.333. The minimum absolute atomic E-state index is 0.0583. The fourth-order valence-corrected chi connectivity index (χ4v) is 3.57. The summed E-state index contributed by atoms with van der Waals surface area (Å²) in [5, 5.41) is 0. The van der Waals surface area contributed by atoms with Gasteiger partial charge in [-0.1, -0.05) is 67.0 Å². The third-order valence-electron chi connectivity index (χ3n) is 3.43. The van der Waals surface area contributed by atoms with Crippen LogP contribution in [0.4, 0.5) is 0 Å². The molecule has 0 amide bonds. The number of thioether (sulfide) groups is 1. The molecule has 1 atom stereocenters. The van der Waals surface area contributed by atoms with E-state index in [4.69, 9.17) is 5.73 Å². The first-order valence-electron chi connectivity index (χ1n) is 7.10. The van der Waals surface area contributed by atoms with Crippen LogP contribution in [0.15, 0.2) is 57.9 Å². The number of halogens is 1. The second kappa shape index (κ2) is 6.99. The van der Waals surface area contributed by atoms with Gasteiger partial charge in [-0.25, -0.2) is 0 Å². The number of hydrogen-bond donors (Lipinski definition) is 1. The van der Waals surface area contributed by atoms with E-state index < -0.39 is 0 Å². The van der Waals surface area contributed by atoms with Gasteiger partial charge in [0.25, 0.3) is 0 Å². The lowest BCUT2D eigenvalue weighted by atomic mass is 9.86. The molecule has 2 N–H and O–H groups in total. The van der Waals surface area contributed by atoms with Crippen molar-refractivity contribution in [1.82, 2.24) is 0 Å². The summed E-state index contributed by atoms with van der Waals surface area (Å²) in [5.74, 6) is 0.880. The van der Waals surface area contributed by atoms with Crippen LogP contribution in [0.5, 0.6) is 0 Å². The summed E-state index contributed by atoms with van der Waals surface area (Å²) in [6.07, 6.45) is 0. The van der Waals surface area contributed by atoms with Crippen LogP contribution < -0.4 is 5.73 Å².